The topological polar surface area (TPSA) is 3.24 Å². The molecule has 0 N–H and O–H groups in total. The molecule has 1 nitrogen and oxygen atoms in total. The minimum atomic E-state index is 1.03. The molecule has 1 rings (SSSR count). The molecule has 0 unspecified atom stereocenters. The zero-order valence-electron chi connectivity index (χ0n) is 5.80. The highest BCUT2D eigenvalue weighted by Crippen LogP contribution is 1.97. The van der Waals surface area contributed by atoms with Crippen molar-refractivity contribution >= 4 is 0 Å². The Morgan fingerprint density at radius 3 is 3.11 bits per heavy atom. The molecule has 0 amide bonds. The highest BCUT2D eigenvalue weighted by Gasteiger charge is 1.95. The van der Waals surface area contributed by atoms with E-state index in [2.05, 4.69) is 24.1 Å². The van der Waals surface area contributed by atoms with Gasteiger partial charge in [-0.1, -0.05) is 19.1 Å². The maximum absolute atomic E-state index is 3.14. The summed E-state index contributed by atoms with van der Waals surface area (Å²) in [4.78, 5) is 2.18. The van der Waals surface area contributed by atoms with E-state index in [-0.39, 0.29) is 0 Å². The summed E-state index contributed by atoms with van der Waals surface area (Å²) in [6.07, 6.45) is 10.5. The van der Waals surface area contributed by atoms with Crippen molar-refractivity contribution in [1.82, 2.24) is 4.90 Å². The molecule has 1 heterocycles. The first kappa shape index (κ1) is 6.40. The van der Waals surface area contributed by atoms with Crippen LogP contribution in [0, 0.1) is 6.20 Å². The molecule has 0 aromatic heterocycles. The molecule has 0 aromatic carbocycles. The van der Waals surface area contributed by atoms with Gasteiger partial charge in [-0.2, -0.15) is 0 Å². The van der Waals surface area contributed by atoms with Gasteiger partial charge in [-0.3, -0.25) is 0 Å². The van der Waals surface area contributed by atoms with E-state index in [0.29, 0.717) is 0 Å². The SMILES string of the molecule is CCCN1[C]=CC=CC1. The second kappa shape index (κ2) is 3.33. The van der Waals surface area contributed by atoms with Crippen LogP contribution in [-0.2, 0) is 0 Å². The van der Waals surface area contributed by atoms with Crippen LogP contribution >= 0.6 is 0 Å². The van der Waals surface area contributed by atoms with Gasteiger partial charge in [-0.25, -0.2) is 0 Å². The van der Waals surface area contributed by atoms with Gasteiger partial charge in [0.2, 0.25) is 0 Å². The lowest BCUT2D eigenvalue weighted by Gasteiger charge is -2.17. The zero-order chi connectivity index (χ0) is 6.53. The van der Waals surface area contributed by atoms with Crippen LogP contribution in [0.4, 0.5) is 0 Å². The van der Waals surface area contributed by atoms with E-state index in [1.54, 1.807) is 0 Å². The van der Waals surface area contributed by atoms with E-state index < -0.39 is 0 Å². The molecule has 1 aliphatic heterocycles. The minimum absolute atomic E-state index is 1.03. The van der Waals surface area contributed by atoms with Crippen LogP contribution in [0.15, 0.2) is 18.2 Å². The van der Waals surface area contributed by atoms with Gasteiger partial charge in [0.1, 0.15) is 0 Å². The average molecular weight is 122 g/mol. The highest BCUT2D eigenvalue weighted by molar-refractivity contribution is 5.04. The number of allylic oxidation sites excluding steroid dienone is 2. The van der Waals surface area contributed by atoms with Crippen LogP contribution in [0.1, 0.15) is 13.3 Å². The molecule has 0 aromatic rings. The van der Waals surface area contributed by atoms with Crippen molar-refractivity contribution in [2.24, 2.45) is 0 Å². The third-order valence-electron chi connectivity index (χ3n) is 1.31. The molecule has 0 aliphatic carbocycles. The third-order valence-corrected chi connectivity index (χ3v) is 1.31. The van der Waals surface area contributed by atoms with Crippen LogP contribution in [-0.4, -0.2) is 18.0 Å². The fraction of sp³-hybridized carbons (Fsp3) is 0.500. The predicted molar refractivity (Wildman–Crippen MR) is 38.8 cm³/mol. The average Bonchev–Trinajstić information content (AvgIpc) is 1.91. The normalized spacial score (nSPS) is 16.8. The molecule has 49 valence electrons. The van der Waals surface area contributed by atoms with Crippen molar-refractivity contribution in [3.8, 4) is 0 Å². The van der Waals surface area contributed by atoms with E-state index in [9.17, 15) is 0 Å². The molecule has 1 heteroatoms. The van der Waals surface area contributed by atoms with Crippen molar-refractivity contribution < 1.29 is 0 Å². The Labute approximate surface area is 56.7 Å². The Hall–Kier alpha value is -0.720. The molecule has 1 radical (unpaired) electrons. The number of nitrogens with zero attached hydrogens (tertiary/aromatic N) is 1. The van der Waals surface area contributed by atoms with E-state index >= 15 is 0 Å². The van der Waals surface area contributed by atoms with Crippen LogP contribution in [0.2, 0.25) is 0 Å². The van der Waals surface area contributed by atoms with Gasteiger partial charge in [-0.05, 0) is 12.5 Å². The predicted octanol–water partition coefficient (Wildman–Crippen LogP) is 1.59. The van der Waals surface area contributed by atoms with E-state index in [1.165, 1.54) is 6.42 Å². The Bertz CT molecular complexity index is 125. The summed E-state index contributed by atoms with van der Waals surface area (Å²) in [5, 5.41) is 0. The van der Waals surface area contributed by atoms with Crippen molar-refractivity contribution in [2.45, 2.75) is 13.3 Å². The lowest BCUT2D eigenvalue weighted by Crippen LogP contribution is -2.19. The number of hydrogen-bond acceptors (Lipinski definition) is 1. The quantitative estimate of drug-likeness (QED) is 0.537. The molecule has 0 fully saturated rings. The van der Waals surface area contributed by atoms with E-state index in [1.807, 2.05) is 12.2 Å². The van der Waals surface area contributed by atoms with Crippen LogP contribution in [0.5, 0.6) is 0 Å². The lowest BCUT2D eigenvalue weighted by molar-refractivity contribution is 0.393. The molecule has 0 spiro atoms. The van der Waals surface area contributed by atoms with Crippen molar-refractivity contribution in [1.29, 1.82) is 0 Å². The molecule has 9 heavy (non-hydrogen) atoms. The fourth-order valence-corrected chi connectivity index (χ4v) is 0.883. The maximum atomic E-state index is 3.14. The Balaban J connectivity index is 2.28. The zero-order valence-corrected chi connectivity index (χ0v) is 5.80. The summed E-state index contributed by atoms with van der Waals surface area (Å²) in [5.41, 5.74) is 0. The van der Waals surface area contributed by atoms with Gasteiger partial charge in [0.05, 0.1) is 6.20 Å². The van der Waals surface area contributed by atoms with Crippen molar-refractivity contribution in [3.05, 3.63) is 24.4 Å². The van der Waals surface area contributed by atoms with Gasteiger partial charge in [0.15, 0.2) is 0 Å². The molecule has 0 saturated carbocycles. The van der Waals surface area contributed by atoms with Gasteiger partial charge >= 0.3 is 0 Å². The summed E-state index contributed by atoms with van der Waals surface area (Å²) in [6.45, 7) is 4.34. The largest absolute Gasteiger partial charge is 0.366 e. The molecule has 1 aliphatic rings. The Morgan fingerprint density at radius 1 is 1.67 bits per heavy atom. The molecule has 0 bridgehead atoms. The van der Waals surface area contributed by atoms with Crippen LogP contribution in [0.3, 0.4) is 0 Å². The minimum Gasteiger partial charge on any atom is -0.366 e. The summed E-state index contributed by atoms with van der Waals surface area (Å²) >= 11 is 0. The van der Waals surface area contributed by atoms with Crippen molar-refractivity contribution in [3.63, 3.8) is 0 Å². The summed E-state index contributed by atoms with van der Waals surface area (Å²) in [5.74, 6) is 0. The maximum Gasteiger partial charge on any atom is 0.0606 e. The van der Waals surface area contributed by atoms with Crippen molar-refractivity contribution in [2.75, 3.05) is 13.1 Å². The molecule has 0 saturated heterocycles. The van der Waals surface area contributed by atoms with Crippen LogP contribution in [0.25, 0.3) is 0 Å². The number of hydrogen-bond donors (Lipinski definition) is 0. The molecule has 0 atom stereocenters. The second-order valence-electron chi connectivity index (χ2n) is 2.17. The summed E-state index contributed by atoms with van der Waals surface area (Å²) in [6, 6.07) is 0. The van der Waals surface area contributed by atoms with Gasteiger partial charge in [0.25, 0.3) is 0 Å². The Morgan fingerprint density at radius 2 is 2.56 bits per heavy atom. The van der Waals surface area contributed by atoms with Gasteiger partial charge < -0.3 is 4.90 Å². The second-order valence-corrected chi connectivity index (χ2v) is 2.17. The first-order valence-electron chi connectivity index (χ1n) is 3.43. The van der Waals surface area contributed by atoms with E-state index in [0.717, 1.165) is 13.1 Å². The summed E-state index contributed by atoms with van der Waals surface area (Å²) in [7, 11) is 0. The molecular formula is C8H12N. The molecular weight excluding hydrogens is 110 g/mol. The fourth-order valence-electron chi connectivity index (χ4n) is 0.883. The van der Waals surface area contributed by atoms with E-state index in [4.69, 9.17) is 0 Å². The Kier molecular flexibility index (Phi) is 2.37. The lowest BCUT2D eigenvalue weighted by atomic mass is 10.3. The standard InChI is InChI=1S/C8H12N/c1-2-6-9-7-4-3-5-8-9/h3-5H,2,6-7H2,1H3. The smallest absolute Gasteiger partial charge is 0.0606 e. The van der Waals surface area contributed by atoms with Crippen LogP contribution < -0.4 is 0 Å². The van der Waals surface area contributed by atoms with Gasteiger partial charge in [0, 0.05) is 13.1 Å². The first-order chi connectivity index (χ1) is 4.43. The monoisotopic (exact) mass is 122 g/mol. The first-order valence-corrected chi connectivity index (χ1v) is 3.43. The number of rotatable bonds is 2. The van der Waals surface area contributed by atoms with Gasteiger partial charge in [-0.15, -0.1) is 0 Å². The highest BCUT2D eigenvalue weighted by atomic mass is 15.1. The summed E-state index contributed by atoms with van der Waals surface area (Å²) < 4.78 is 0. The third kappa shape index (κ3) is 1.92.